The molecule has 0 spiro atoms. The van der Waals surface area contributed by atoms with E-state index in [4.69, 9.17) is 42.6 Å². The summed E-state index contributed by atoms with van der Waals surface area (Å²) in [5.41, 5.74) is -4.15. The van der Waals surface area contributed by atoms with Crippen LogP contribution in [-0.2, 0) is 81.0 Å². The topological polar surface area (TPSA) is 260 Å². The van der Waals surface area contributed by atoms with Crippen LogP contribution in [0.1, 0.15) is 0 Å². The Hall–Kier alpha value is -6.44. The fourth-order valence-electron chi connectivity index (χ4n) is 3.52. The zero-order valence-electron chi connectivity index (χ0n) is 32.1. The van der Waals surface area contributed by atoms with E-state index < -0.39 is 110 Å². The van der Waals surface area contributed by atoms with Crippen molar-refractivity contribution in [2.24, 2.45) is 16.2 Å². The van der Waals surface area contributed by atoms with Gasteiger partial charge in [-0.25, -0.2) is 38.4 Å². The molecule has 0 saturated heterocycles. The second-order valence-electron chi connectivity index (χ2n) is 11.8. The van der Waals surface area contributed by atoms with Crippen LogP contribution in [0.15, 0.2) is 101 Å². The van der Waals surface area contributed by atoms with Gasteiger partial charge in [0.1, 0.15) is 52.9 Å². The molecule has 0 aromatic carbocycles. The Bertz CT molecular complexity index is 1360. The third-order valence-corrected chi connectivity index (χ3v) is 6.99. The van der Waals surface area contributed by atoms with Crippen molar-refractivity contribution in [2.45, 2.75) is 0 Å². The Morgan fingerprint density at radius 3 is 0.638 bits per heavy atom. The molecule has 0 aliphatic carbocycles. The molecule has 2 N–H and O–H groups in total. The molecule has 0 heterocycles. The highest BCUT2D eigenvalue weighted by molar-refractivity contribution is 5.84. The minimum Gasteiger partial charge on any atom is -0.462 e. The highest BCUT2D eigenvalue weighted by Gasteiger charge is 2.39. The third-order valence-electron chi connectivity index (χ3n) is 6.99. The Kier molecular flexibility index (Phi) is 27.6. The van der Waals surface area contributed by atoms with Crippen LogP contribution in [0.3, 0.4) is 0 Å². The number of carbonyl (C=O) groups excluding carboxylic acids is 8. The summed E-state index contributed by atoms with van der Waals surface area (Å²) in [6.45, 7) is 21.0. The molecule has 0 atom stereocenters. The van der Waals surface area contributed by atoms with Crippen LogP contribution in [0, 0.1) is 16.2 Å². The molecule has 0 aromatic rings. The predicted molar refractivity (Wildman–Crippen MR) is 202 cm³/mol. The molecule has 0 fully saturated rings. The lowest BCUT2D eigenvalue weighted by Crippen LogP contribution is -2.46. The van der Waals surface area contributed by atoms with Crippen LogP contribution in [0.4, 0.5) is 0 Å². The van der Waals surface area contributed by atoms with Gasteiger partial charge in [-0.1, -0.05) is 52.6 Å². The van der Waals surface area contributed by atoms with Crippen molar-refractivity contribution in [2.75, 3.05) is 79.3 Å². The molecule has 19 nitrogen and oxygen atoms in total. The normalized spacial score (nSPS) is 10.5. The van der Waals surface area contributed by atoms with Gasteiger partial charge in [0, 0.05) is 48.6 Å². The molecule has 0 aliphatic heterocycles. The second kappa shape index (κ2) is 29.8. The van der Waals surface area contributed by atoms with Gasteiger partial charge in [0.05, 0.1) is 42.7 Å². The summed E-state index contributed by atoms with van der Waals surface area (Å²) in [4.78, 5) is 91.6. The first-order valence-corrected chi connectivity index (χ1v) is 16.6. The van der Waals surface area contributed by atoms with E-state index in [0.717, 1.165) is 48.6 Å². The van der Waals surface area contributed by atoms with E-state index in [1.165, 1.54) is 0 Å². The number of carbonyl (C=O) groups is 8. The predicted octanol–water partition coefficient (Wildman–Crippen LogP) is 0.767. The Labute approximate surface area is 335 Å². The van der Waals surface area contributed by atoms with Crippen LogP contribution in [0.25, 0.3) is 0 Å². The van der Waals surface area contributed by atoms with Crippen molar-refractivity contribution in [3.05, 3.63) is 101 Å². The van der Waals surface area contributed by atoms with Gasteiger partial charge in [-0.3, -0.25) is 0 Å². The summed E-state index contributed by atoms with van der Waals surface area (Å²) in [7, 11) is 0. The number of hydrogen-bond acceptors (Lipinski definition) is 19. The monoisotopic (exact) mass is 822 g/mol. The second-order valence-corrected chi connectivity index (χ2v) is 11.8. The molecule has 0 aromatic heterocycles. The van der Waals surface area contributed by atoms with Crippen molar-refractivity contribution in [1.29, 1.82) is 0 Å². The van der Waals surface area contributed by atoms with E-state index in [1.807, 2.05) is 0 Å². The average Bonchev–Trinajstić information content (AvgIpc) is 3.26. The summed E-state index contributed by atoms with van der Waals surface area (Å²) in [5.74, 6) is -6.21. The first-order valence-electron chi connectivity index (χ1n) is 16.6. The van der Waals surface area contributed by atoms with Crippen molar-refractivity contribution < 1.29 is 91.2 Å². The number of ether oxygens (including phenoxy) is 9. The van der Waals surface area contributed by atoms with Gasteiger partial charge in [0.25, 0.3) is 0 Å². The van der Waals surface area contributed by atoms with E-state index >= 15 is 0 Å². The van der Waals surface area contributed by atoms with Crippen LogP contribution in [-0.4, -0.2) is 137 Å². The Morgan fingerprint density at radius 1 is 0.310 bits per heavy atom. The van der Waals surface area contributed by atoms with E-state index in [0.29, 0.717) is 0 Å². The molecule has 0 radical (unpaired) electrons. The molecule has 0 aliphatic rings. The molecule has 0 saturated carbocycles. The van der Waals surface area contributed by atoms with Crippen molar-refractivity contribution in [1.82, 2.24) is 0 Å². The number of aliphatic hydroxyl groups is 2. The lowest BCUT2D eigenvalue weighted by atomic mass is 9.90. The highest BCUT2D eigenvalue weighted by Crippen LogP contribution is 2.25. The number of rotatable bonds is 30. The zero-order valence-corrected chi connectivity index (χ0v) is 32.1. The fraction of sp³-hybridized carbons (Fsp3) is 0.385. The maximum absolute atomic E-state index is 11.7. The molecule has 0 rings (SSSR count). The largest absolute Gasteiger partial charge is 0.462 e. The minimum absolute atomic E-state index is 0.330. The van der Waals surface area contributed by atoms with Gasteiger partial charge >= 0.3 is 47.8 Å². The maximum Gasteiger partial charge on any atom is 0.330 e. The standard InChI is InChI=1S/C25H32O12.C14H18O7/c1-6-19(27)33-14-24(11-26,15-34-20(28)7-2)12-32-13-25(16-35-21(29)8-3,17-36-22(30)9-4)18-37-23(31)10-5;1-4-11(16)19-8-14(7-15,9-20-12(17)5-2)10-21-13(18)6-3/h6-10,26H,1-5,11-18H2;4-6,15H,1-3,7-10H2. The smallest absolute Gasteiger partial charge is 0.330 e. The summed E-state index contributed by atoms with van der Waals surface area (Å²) in [6.07, 6.45) is 7.32. The number of aliphatic hydroxyl groups excluding tert-OH is 2. The summed E-state index contributed by atoms with van der Waals surface area (Å²) < 4.78 is 45.6. The molecule has 0 amide bonds. The van der Waals surface area contributed by atoms with Crippen molar-refractivity contribution in [3.63, 3.8) is 0 Å². The van der Waals surface area contributed by atoms with Gasteiger partial charge < -0.3 is 52.8 Å². The van der Waals surface area contributed by atoms with Gasteiger partial charge in [0.15, 0.2) is 0 Å². The quantitative estimate of drug-likeness (QED) is 0.0576. The SMILES string of the molecule is C=CC(=O)OCC(CO)(COC(=O)C=C)COC(=O)C=C.C=CC(=O)OCC(CO)(COCC(COC(=O)C=C)(COC(=O)C=C)COC(=O)C=C)COC(=O)C=C. The van der Waals surface area contributed by atoms with E-state index in [-0.39, 0.29) is 33.0 Å². The van der Waals surface area contributed by atoms with Crippen molar-refractivity contribution >= 4 is 47.8 Å². The zero-order chi connectivity index (χ0) is 44.6. The van der Waals surface area contributed by atoms with Crippen LogP contribution in [0.2, 0.25) is 0 Å². The van der Waals surface area contributed by atoms with E-state index in [2.05, 4.69) is 52.6 Å². The summed E-state index contributed by atoms with van der Waals surface area (Å²) >= 11 is 0. The number of hydrogen-bond donors (Lipinski definition) is 2. The maximum atomic E-state index is 11.7. The van der Waals surface area contributed by atoms with E-state index in [9.17, 15) is 48.6 Å². The first kappa shape index (κ1) is 53.7. The van der Waals surface area contributed by atoms with Crippen LogP contribution in [0.5, 0.6) is 0 Å². The van der Waals surface area contributed by atoms with Crippen LogP contribution >= 0.6 is 0 Å². The Morgan fingerprint density at radius 2 is 0.466 bits per heavy atom. The summed E-state index contributed by atoms with van der Waals surface area (Å²) in [5, 5.41) is 19.5. The molecular formula is C39H50O19. The van der Waals surface area contributed by atoms with Gasteiger partial charge in [0.2, 0.25) is 0 Å². The molecule has 320 valence electrons. The number of esters is 8. The first-order chi connectivity index (χ1) is 27.5. The molecule has 58 heavy (non-hydrogen) atoms. The molecular weight excluding hydrogens is 772 g/mol. The molecule has 0 bridgehead atoms. The van der Waals surface area contributed by atoms with Gasteiger partial charge in [-0.15, -0.1) is 0 Å². The fourth-order valence-corrected chi connectivity index (χ4v) is 3.52. The Balaban J connectivity index is 0. The van der Waals surface area contributed by atoms with E-state index in [1.54, 1.807) is 0 Å². The van der Waals surface area contributed by atoms with Crippen LogP contribution < -0.4 is 0 Å². The highest BCUT2D eigenvalue weighted by atomic mass is 16.6. The lowest BCUT2D eigenvalue weighted by Gasteiger charge is -2.34. The van der Waals surface area contributed by atoms with Gasteiger partial charge in [-0.2, -0.15) is 0 Å². The molecule has 19 heteroatoms. The average molecular weight is 823 g/mol. The molecule has 0 unspecified atom stereocenters. The lowest BCUT2D eigenvalue weighted by molar-refractivity contribution is -0.167. The van der Waals surface area contributed by atoms with Gasteiger partial charge in [-0.05, 0) is 0 Å². The minimum atomic E-state index is -1.44. The third kappa shape index (κ3) is 22.8. The summed E-state index contributed by atoms with van der Waals surface area (Å²) in [6, 6.07) is 0. The van der Waals surface area contributed by atoms with Crippen molar-refractivity contribution in [3.8, 4) is 0 Å².